The number of carbonyl (C=O) groups excluding carboxylic acids is 2. The van der Waals surface area contributed by atoms with E-state index in [1.165, 1.54) is 17.9 Å². The Morgan fingerprint density at radius 2 is 1.82 bits per heavy atom. The standard InChI is InChI=1S/C26H25F3N2O2S/c1-17-19(8-5-9-21(17)26(27,28)29)16-30-23(32)10-11-24(33)31-14-12-22-20(13-15-34-22)25(31)18-6-3-2-4-7-18/h2-9,13,15,25H,10-12,14,16H2,1H3,(H,30,32). The molecule has 1 aromatic heterocycles. The van der Waals surface area contributed by atoms with Crippen molar-refractivity contribution in [3.8, 4) is 0 Å². The summed E-state index contributed by atoms with van der Waals surface area (Å²) >= 11 is 1.69. The summed E-state index contributed by atoms with van der Waals surface area (Å²) in [4.78, 5) is 28.6. The van der Waals surface area contributed by atoms with Gasteiger partial charge in [-0.15, -0.1) is 11.3 Å². The molecule has 4 nitrogen and oxygen atoms in total. The van der Waals surface area contributed by atoms with Crippen LogP contribution in [0.25, 0.3) is 0 Å². The van der Waals surface area contributed by atoms with E-state index in [9.17, 15) is 22.8 Å². The summed E-state index contributed by atoms with van der Waals surface area (Å²) in [6.45, 7) is 1.96. The molecule has 2 amide bonds. The fourth-order valence-corrected chi connectivity index (χ4v) is 5.31. The number of nitrogens with zero attached hydrogens (tertiary/aromatic N) is 1. The van der Waals surface area contributed by atoms with Gasteiger partial charge in [0, 0.05) is 30.8 Å². The number of hydrogen-bond donors (Lipinski definition) is 1. The Balaban J connectivity index is 1.38. The Morgan fingerprint density at radius 1 is 1.06 bits per heavy atom. The molecule has 0 saturated heterocycles. The van der Waals surface area contributed by atoms with Crippen LogP contribution in [0.5, 0.6) is 0 Å². The molecule has 34 heavy (non-hydrogen) atoms. The van der Waals surface area contributed by atoms with E-state index < -0.39 is 11.7 Å². The third kappa shape index (κ3) is 5.17. The molecule has 0 saturated carbocycles. The number of halogens is 3. The van der Waals surface area contributed by atoms with E-state index in [4.69, 9.17) is 0 Å². The molecule has 0 spiro atoms. The van der Waals surface area contributed by atoms with Crippen molar-refractivity contribution in [3.63, 3.8) is 0 Å². The van der Waals surface area contributed by atoms with Crippen molar-refractivity contribution in [2.24, 2.45) is 0 Å². The highest BCUT2D eigenvalue weighted by Crippen LogP contribution is 2.38. The lowest BCUT2D eigenvalue weighted by atomic mass is 9.93. The summed E-state index contributed by atoms with van der Waals surface area (Å²) in [6, 6.07) is 15.6. The third-order valence-electron chi connectivity index (χ3n) is 6.19. The Bertz CT molecular complexity index is 1170. The van der Waals surface area contributed by atoms with Crippen LogP contribution < -0.4 is 5.32 Å². The van der Waals surface area contributed by atoms with E-state index in [1.54, 1.807) is 17.4 Å². The predicted octanol–water partition coefficient (Wildman–Crippen LogP) is 5.65. The lowest BCUT2D eigenvalue weighted by molar-refractivity contribution is -0.138. The Labute approximate surface area is 200 Å². The van der Waals surface area contributed by atoms with Crippen LogP contribution in [0, 0.1) is 6.92 Å². The number of fused-ring (bicyclic) bond motifs is 1. The van der Waals surface area contributed by atoms with Crippen LogP contribution in [-0.2, 0) is 28.7 Å². The highest BCUT2D eigenvalue weighted by molar-refractivity contribution is 7.10. The second-order valence-corrected chi connectivity index (χ2v) is 9.31. The monoisotopic (exact) mass is 486 g/mol. The van der Waals surface area contributed by atoms with Gasteiger partial charge in [-0.1, -0.05) is 42.5 Å². The molecule has 8 heteroatoms. The summed E-state index contributed by atoms with van der Waals surface area (Å²) in [5.74, 6) is -0.481. The molecular weight excluding hydrogens is 461 g/mol. The zero-order valence-corrected chi connectivity index (χ0v) is 19.5. The molecule has 3 aromatic rings. The summed E-state index contributed by atoms with van der Waals surface area (Å²) in [6.07, 6.45) is -3.65. The fourth-order valence-electron chi connectivity index (χ4n) is 4.41. The van der Waals surface area contributed by atoms with Crippen molar-refractivity contribution in [2.75, 3.05) is 6.54 Å². The van der Waals surface area contributed by atoms with E-state index >= 15 is 0 Å². The molecule has 1 aliphatic heterocycles. The topological polar surface area (TPSA) is 49.4 Å². The molecule has 0 aliphatic carbocycles. The summed E-state index contributed by atoms with van der Waals surface area (Å²) in [7, 11) is 0. The number of hydrogen-bond acceptors (Lipinski definition) is 3. The van der Waals surface area contributed by atoms with E-state index in [1.807, 2.05) is 40.6 Å². The number of alkyl halides is 3. The average Bonchev–Trinajstić information content (AvgIpc) is 3.30. The second kappa shape index (κ2) is 10.0. The smallest absolute Gasteiger partial charge is 0.352 e. The van der Waals surface area contributed by atoms with Crippen molar-refractivity contribution in [2.45, 2.75) is 44.9 Å². The van der Waals surface area contributed by atoms with Crippen LogP contribution in [0.4, 0.5) is 13.2 Å². The van der Waals surface area contributed by atoms with Crippen LogP contribution in [0.3, 0.4) is 0 Å². The number of benzene rings is 2. The molecule has 1 unspecified atom stereocenters. The van der Waals surface area contributed by atoms with Crippen LogP contribution in [0.1, 0.15) is 51.6 Å². The van der Waals surface area contributed by atoms with Crippen LogP contribution in [0.15, 0.2) is 60.0 Å². The van der Waals surface area contributed by atoms with Crippen LogP contribution in [-0.4, -0.2) is 23.3 Å². The summed E-state index contributed by atoms with van der Waals surface area (Å²) < 4.78 is 39.3. The van der Waals surface area contributed by atoms with Gasteiger partial charge in [-0.25, -0.2) is 0 Å². The van der Waals surface area contributed by atoms with Gasteiger partial charge in [-0.2, -0.15) is 13.2 Å². The molecule has 2 heterocycles. The van der Waals surface area contributed by atoms with E-state index in [2.05, 4.69) is 11.4 Å². The molecule has 1 N–H and O–H groups in total. The van der Waals surface area contributed by atoms with Crippen molar-refractivity contribution in [1.29, 1.82) is 0 Å². The molecule has 0 radical (unpaired) electrons. The highest BCUT2D eigenvalue weighted by Gasteiger charge is 2.33. The number of nitrogens with one attached hydrogen (secondary N) is 1. The molecule has 4 rings (SSSR count). The minimum absolute atomic E-state index is 0.0165. The maximum Gasteiger partial charge on any atom is 0.416 e. The van der Waals surface area contributed by atoms with Gasteiger partial charge < -0.3 is 10.2 Å². The van der Waals surface area contributed by atoms with E-state index in [0.717, 1.165) is 23.6 Å². The first-order valence-corrected chi connectivity index (χ1v) is 12.0. The Morgan fingerprint density at radius 3 is 2.56 bits per heavy atom. The predicted molar refractivity (Wildman–Crippen MR) is 125 cm³/mol. The zero-order chi connectivity index (χ0) is 24.3. The van der Waals surface area contributed by atoms with Gasteiger partial charge in [0.15, 0.2) is 0 Å². The SMILES string of the molecule is Cc1c(CNC(=O)CCC(=O)N2CCc3sccc3C2c2ccccc2)cccc1C(F)(F)F. The summed E-state index contributed by atoms with van der Waals surface area (Å²) in [5, 5.41) is 4.70. The Hall–Kier alpha value is -3.13. The molecule has 1 aliphatic rings. The summed E-state index contributed by atoms with van der Waals surface area (Å²) in [5.41, 5.74) is 1.94. The number of carbonyl (C=O) groups is 2. The lowest BCUT2D eigenvalue weighted by Gasteiger charge is -2.36. The van der Waals surface area contributed by atoms with Crippen molar-refractivity contribution >= 4 is 23.2 Å². The van der Waals surface area contributed by atoms with Gasteiger partial charge in [-0.3, -0.25) is 9.59 Å². The van der Waals surface area contributed by atoms with Gasteiger partial charge in [0.2, 0.25) is 11.8 Å². The fraction of sp³-hybridized carbons (Fsp3) is 0.308. The van der Waals surface area contributed by atoms with Gasteiger partial charge in [0.1, 0.15) is 0 Å². The first-order chi connectivity index (χ1) is 16.3. The first-order valence-electron chi connectivity index (χ1n) is 11.1. The molecule has 0 fully saturated rings. The molecule has 178 valence electrons. The molecule has 1 atom stereocenters. The molecule has 0 bridgehead atoms. The minimum Gasteiger partial charge on any atom is -0.352 e. The average molecular weight is 487 g/mol. The van der Waals surface area contributed by atoms with Crippen LogP contribution >= 0.6 is 11.3 Å². The number of thiophene rings is 1. The highest BCUT2D eigenvalue weighted by atomic mass is 32.1. The Kier molecular flexibility index (Phi) is 7.07. The maximum absolute atomic E-state index is 13.1. The zero-order valence-electron chi connectivity index (χ0n) is 18.7. The quantitative estimate of drug-likeness (QED) is 0.490. The van der Waals surface area contributed by atoms with Gasteiger partial charge in [0.05, 0.1) is 11.6 Å². The van der Waals surface area contributed by atoms with Gasteiger partial charge >= 0.3 is 6.18 Å². The first kappa shape index (κ1) is 24.0. The van der Waals surface area contributed by atoms with E-state index in [-0.39, 0.29) is 42.8 Å². The molecule has 2 aromatic carbocycles. The van der Waals surface area contributed by atoms with Crippen molar-refractivity contribution < 1.29 is 22.8 Å². The van der Waals surface area contributed by atoms with Crippen LogP contribution in [0.2, 0.25) is 0 Å². The number of amides is 2. The normalized spacial score (nSPS) is 15.6. The van der Waals surface area contributed by atoms with Gasteiger partial charge in [0.25, 0.3) is 0 Å². The third-order valence-corrected chi connectivity index (χ3v) is 7.19. The van der Waals surface area contributed by atoms with Crippen molar-refractivity contribution in [1.82, 2.24) is 10.2 Å². The van der Waals surface area contributed by atoms with E-state index in [0.29, 0.717) is 12.1 Å². The number of rotatable bonds is 6. The second-order valence-electron chi connectivity index (χ2n) is 8.31. The van der Waals surface area contributed by atoms with Crippen molar-refractivity contribution in [3.05, 3.63) is 92.7 Å². The lowest BCUT2D eigenvalue weighted by Crippen LogP contribution is -2.40. The minimum atomic E-state index is -4.44. The molecular formula is C26H25F3N2O2S. The maximum atomic E-state index is 13.1. The largest absolute Gasteiger partial charge is 0.416 e. The van der Waals surface area contributed by atoms with Gasteiger partial charge in [-0.05, 0) is 53.1 Å².